The second-order valence-electron chi connectivity index (χ2n) is 11.9. The van der Waals surface area contributed by atoms with Gasteiger partial charge in [-0.3, -0.25) is 33.6 Å². The Morgan fingerprint density at radius 3 is 1.74 bits per heavy atom. The lowest BCUT2D eigenvalue weighted by atomic mass is 9.97. The number of carbonyl (C=O) groups is 7. The lowest BCUT2D eigenvalue weighted by molar-refractivity contribution is -0.384. The van der Waals surface area contributed by atoms with Gasteiger partial charge in [-0.2, -0.15) is 0 Å². The van der Waals surface area contributed by atoms with Crippen LogP contribution in [0.25, 0.3) is 6.08 Å². The van der Waals surface area contributed by atoms with Crippen LogP contribution in [0.2, 0.25) is 0 Å². The molecule has 0 amide bonds. The van der Waals surface area contributed by atoms with Crippen LogP contribution in [0, 0.1) is 0 Å². The summed E-state index contributed by atoms with van der Waals surface area (Å²) in [7, 11) is 0. The molecule has 2 heterocycles. The molecule has 2 fully saturated rings. The summed E-state index contributed by atoms with van der Waals surface area (Å²) in [5.74, 6) is -8.44. The Bertz CT molecular complexity index is 1490. The van der Waals surface area contributed by atoms with Gasteiger partial charge in [0.2, 0.25) is 12.1 Å². The molecule has 2 aliphatic rings. The zero-order valence-corrected chi connectivity index (χ0v) is 30.3. The van der Waals surface area contributed by atoms with Crippen LogP contribution in [-0.4, -0.2) is 123 Å². The molecule has 0 bridgehead atoms. The predicted molar refractivity (Wildman–Crippen MR) is 175 cm³/mol. The van der Waals surface area contributed by atoms with E-state index in [9.17, 15) is 33.6 Å². The maximum Gasteiger partial charge on any atom is 0.303 e. The van der Waals surface area contributed by atoms with E-state index in [0.29, 0.717) is 0 Å². The molecule has 18 nitrogen and oxygen atoms in total. The Morgan fingerprint density at radius 1 is 0.623 bits per heavy atom. The van der Waals surface area contributed by atoms with Crippen LogP contribution in [0.15, 0.2) is 36.4 Å². The quantitative estimate of drug-likeness (QED) is 0.132. The van der Waals surface area contributed by atoms with Gasteiger partial charge in [0.25, 0.3) is 0 Å². The molecular formula is C35H44O18. The summed E-state index contributed by atoms with van der Waals surface area (Å²) in [5, 5.41) is 0. The van der Waals surface area contributed by atoms with Crippen molar-refractivity contribution in [1.82, 2.24) is 0 Å². The highest BCUT2D eigenvalue weighted by Crippen LogP contribution is 2.41. The molecule has 2 aliphatic heterocycles. The number of hydrogen-bond donors (Lipinski definition) is 0. The SMILES string of the molecule is CC(=O)OC[C@H]1O[C@H](O[C@]2(COC(C)=O)O[C@H](COC/C=C/c3ccccc3)[C@@H](OC(C)=O)[C@@H]2OC(C)=O)[C@H](OC(C)=O)[C@@H](OC(C)=O)[C@@H]1OC(C)=O. The van der Waals surface area contributed by atoms with Gasteiger partial charge in [0.1, 0.15) is 25.4 Å². The van der Waals surface area contributed by atoms with E-state index in [-0.39, 0.29) is 13.2 Å². The molecule has 0 unspecified atom stereocenters. The maximum absolute atomic E-state index is 12.5. The third-order valence-corrected chi connectivity index (χ3v) is 7.39. The van der Waals surface area contributed by atoms with Gasteiger partial charge in [0, 0.05) is 48.5 Å². The summed E-state index contributed by atoms with van der Waals surface area (Å²) in [6.45, 7) is 5.75. The molecule has 0 spiro atoms. The molecule has 1 aromatic carbocycles. The van der Waals surface area contributed by atoms with Gasteiger partial charge in [-0.25, -0.2) is 0 Å². The van der Waals surface area contributed by atoms with Crippen molar-refractivity contribution in [1.29, 1.82) is 0 Å². The highest BCUT2D eigenvalue weighted by molar-refractivity contribution is 5.69. The highest BCUT2D eigenvalue weighted by atomic mass is 16.8. The molecule has 0 N–H and O–H groups in total. The minimum absolute atomic E-state index is 0.0529. The van der Waals surface area contributed by atoms with Crippen LogP contribution in [-0.2, 0) is 85.7 Å². The number of rotatable bonds is 16. The Morgan fingerprint density at radius 2 is 1.17 bits per heavy atom. The Kier molecular flexibility index (Phi) is 15.9. The van der Waals surface area contributed by atoms with E-state index in [2.05, 4.69) is 0 Å². The number of benzene rings is 1. The van der Waals surface area contributed by atoms with E-state index in [1.807, 2.05) is 30.3 Å². The topological polar surface area (TPSA) is 221 Å². The highest BCUT2D eigenvalue weighted by Gasteiger charge is 2.64. The second kappa shape index (κ2) is 19.8. The van der Waals surface area contributed by atoms with Crippen LogP contribution < -0.4 is 0 Å². The number of ether oxygens (including phenoxy) is 11. The summed E-state index contributed by atoms with van der Waals surface area (Å²) in [6.07, 6.45) is -9.16. The molecular weight excluding hydrogens is 708 g/mol. The third kappa shape index (κ3) is 12.9. The van der Waals surface area contributed by atoms with Crippen molar-refractivity contribution in [3.05, 3.63) is 42.0 Å². The van der Waals surface area contributed by atoms with Gasteiger partial charge in [-0.15, -0.1) is 0 Å². The van der Waals surface area contributed by atoms with Crippen molar-refractivity contribution in [2.75, 3.05) is 26.4 Å². The average Bonchev–Trinajstić information content (AvgIpc) is 3.31. The summed E-state index contributed by atoms with van der Waals surface area (Å²) in [4.78, 5) is 85.9. The number of carbonyl (C=O) groups excluding carboxylic acids is 7. The van der Waals surface area contributed by atoms with Crippen LogP contribution in [0.4, 0.5) is 0 Å². The Balaban J connectivity index is 2.11. The van der Waals surface area contributed by atoms with Crippen molar-refractivity contribution >= 4 is 47.9 Å². The standard InChI is InChI=1S/C35H44O18/c1-19(36)44-17-27-29(46-21(3)38)31(48-23(5)40)32(49-24(6)41)34(51-27)53-35(18-45-20(2)37)33(50-25(7)42)30(47-22(4)39)28(52-35)16-43-15-11-14-26-12-9-8-10-13-26/h8-14,27-34H,15-18H2,1-7H3/b14-11+/t27-,28-,29-,30-,31+,32-,33+,34-,35+/m1/s1. The fraction of sp³-hybridized carbons (Fsp3) is 0.571. The molecule has 1 aromatic rings. The van der Waals surface area contributed by atoms with Crippen molar-refractivity contribution in [3.63, 3.8) is 0 Å². The van der Waals surface area contributed by atoms with E-state index in [4.69, 9.17) is 52.1 Å². The first-order chi connectivity index (χ1) is 25.0. The normalized spacial score (nSPS) is 28.0. The minimum atomic E-state index is -2.41. The van der Waals surface area contributed by atoms with Gasteiger partial charge < -0.3 is 52.1 Å². The van der Waals surface area contributed by atoms with Crippen molar-refractivity contribution in [3.8, 4) is 0 Å². The van der Waals surface area contributed by atoms with E-state index < -0.39 is 110 Å². The maximum atomic E-state index is 12.5. The predicted octanol–water partition coefficient (Wildman–Crippen LogP) is 1.34. The lowest BCUT2D eigenvalue weighted by Crippen LogP contribution is -2.65. The van der Waals surface area contributed by atoms with E-state index >= 15 is 0 Å². The largest absolute Gasteiger partial charge is 0.463 e. The van der Waals surface area contributed by atoms with E-state index in [1.54, 1.807) is 12.2 Å². The lowest BCUT2D eigenvalue weighted by Gasteiger charge is -2.46. The van der Waals surface area contributed by atoms with Crippen molar-refractivity contribution < 1.29 is 85.7 Å². The fourth-order valence-corrected chi connectivity index (χ4v) is 5.56. The molecule has 0 aromatic heterocycles. The van der Waals surface area contributed by atoms with Gasteiger partial charge in [0.05, 0.1) is 13.2 Å². The monoisotopic (exact) mass is 752 g/mol. The fourth-order valence-electron chi connectivity index (χ4n) is 5.56. The van der Waals surface area contributed by atoms with Gasteiger partial charge in [0.15, 0.2) is 30.5 Å². The van der Waals surface area contributed by atoms with E-state index in [1.165, 1.54) is 0 Å². The summed E-state index contributed by atoms with van der Waals surface area (Å²) in [5.41, 5.74) is 0.902. The first-order valence-corrected chi connectivity index (χ1v) is 16.4. The van der Waals surface area contributed by atoms with Crippen LogP contribution in [0.3, 0.4) is 0 Å². The number of esters is 7. The molecule has 0 radical (unpaired) electrons. The first-order valence-electron chi connectivity index (χ1n) is 16.4. The summed E-state index contributed by atoms with van der Waals surface area (Å²) in [6, 6.07) is 9.35. The Labute approximate surface area is 305 Å². The van der Waals surface area contributed by atoms with Crippen LogP contribution in [0.1, 0.15) is 54.0 Å². The Hall–Kier alpha value is -4.91. The molecule has 3 rings (SSSR count). The molecule has 0 saturated carbocycles. The van der Waals surface area contributed by atoms with Crippen molar-refractivity contribution in [2.24, 2.45) is 0 Å². The van der Waals surface area contributed by atoms with Gasteiger partial charge in [-0.1, -0.05) is 42.5 Å². The molecule has 53 heavy (non-hydrogen) atoms. The van der Waals surface area contributed by atoms with Crippen LogP contribution in [0.5, 0.6) is 0 Å². The molecule has 0 aliphatic carbocycles. The average molecular weight is 753 g/mol. The third-order valence-electron chi connectivity index (χ3n) is 7.39. The second-order valence-corrected chi connectivity index (χ2v) is 11.9. The molecule has 9 atom stereocenters. The van der Waals surface area contributed by atoms with Gasteiger partial charge >= 0.3 is 41.8 Å². The number of hydrogen-bond acceptors (Lipinski definition) is 18. The summed E-state index contributed by atoms with van der Waals surface area (Å²) < 4.78 is 62.5. The molecule has 18 heteroatoms. The van der Waals surface area contributed by atoms with E-state index in [0.717, 1.165) is 54.0 Å². The smallest absolute Gasteiger partial charge is 0.303 e. The zero-order chi connectivity index (χ0) is 39.3. The summed E-state index contributed by atoms with van der Waals surface area (Å²) >= 11 is 0. The molecule has 292 valence electrons. The van der Waals surface area contributed by atoms with Crippen LogP contribution >= 0.6 is 0 Å². The zero-order valence-electron chi connectivity index (χ0n) is 30.3. The molecule has 2 saturated heterocycles. The first kappa shape index (κ1) is 42.5. The van der Waals surface area contributed by atoms with Gasteiger partial charge in [-0.05, 0) is 5.56 Å². The minimum Gasteiger partial charge on any atom is -0.463 e. The van der Waals surface area contributed by atoms with Crippen molar-refractivity contribution in [2.45, 2.75) is 103 Å².